The lowest BCUT2D eigenvalue weighted by Crippen LogP contribution is -2.37. The van der Waals surface area contributed by atoms with E-state index in [-0.39, 0.29) is 36.3 Å². The quantitative estimate of drug-likeness (QED) is 0.236. The summed E-state index contributed by atoms with van der Waals surface area (Å²) in [5.74, 6) is 2.06. The van der Waals surface area contributed by atoms with Gasteiger partial charge in [-0.2, -0.15) is 8.78 Å². The summed E-state index contributed by atoms with van der Waals surface area (Å²) in [6, 6.07) is 14.3. The third-order valence-corrected chi connectivity index (χ3v) is 4.78. The number of alkyl halides is 2. The lowest BCUT2D eigenvalue weighted by atomic mass is 10.2. The summed E-state index contributed by atoms with van der Waals surface area (Å²) < 4.78 is 31.9. The first kappa shape index (κ1) is 25.8. The highest BCUT2D eigenvalue weighted by Crippen LogP contribution is 2.24. The summed E-state index contributed by atoms with van der Waals surface area (Å²) >= 11 is 6.04. The Morgan fingerprint density at radius 2 is 1.84 bits per heavy atom. The van der Waals surface area contributed by atoms with Gasteiger partial charge in [0.15, 0.2) is 11.8 Å². The zero-order valence-corrected chi connectivity index (χ0v) is 20.6. The second kappa shape index (κ2) is 12.5. The second-order valence-electron chi connectivity index (χ2n) is 6.71. The molecular formula is C21H24ClF2IN6O. The molecule has 3 aromatic rings. The van der Waals surface area contributed by atoms with E-state index in [1.807, 2.05) is 48.9 Å². The fraction of sp³-hybridized carbons (Fsp3) is 0.286. The molecule has 172 valence electrons. The number of aryl methyl sites for hydroxylation is 1. The molecule has 0 radical (unpaired) electrons. The van der Waals surface area contributed by atoms with Gasteiger partial charge in [0.25, 0.3) is 0 Å². The van der Waals surface area contributed by atoms with Crippen molar-refractivity contribution in [2.24, 2.45) is 12.0 Å². The Bertz CT molecular complexity index is 1030. The molecule has 1 aromatic heterocycles. The van der Waals surface area contributed by atoms with Crippen molar-refractivity contribution < 1.29 is 13.5 Å². The molecule has 0 atom stereocenters. The highest BCUT2D eigenvalue weighted by molar-refractivity contribution is 14.0. The van der Waals surface area contributed by atoms with Gasteiger partial charge in [-0.1, -0.05) is 41.9 Å². The molecule has 0 spiro atoms. The zero-order valence-electron chi connectivity index (χ0n) is 17.6. The average Bonchev–Trinajstić information content (AvgIpc) is 3.07. The minimum atomic E-state index is -2.93. The minimum Gasteiger partial charge on any atom is -0.434 e. The van der Waals surface area contributed by atoms with Gasteiger partial charge in [0.1, 0.15) is 11.6 Å². The van der Waals surface area contributed by atoms with Gasteiger partial charge < -0.3 is 19.9 Å². The first-order valence-electron chi connectivity index (χ1n) is 9.56. The normalized spacial score (nSPS) is 11.2. The molecule has 3 rings (SSSR count). The van der Waals surface area contributed by atoms with E-state index in [9.17, 15) is 8.78 Å². The highest BCUT2D eigenvalue weighted by atomic mass is 127. The molecule has 11 heteroatoms. The van der Waals surface area contributed by atoms with E-state index >= 15 is 0 Å². The molecule has 0 unspecified atom stereocenters. The summed E-state index contributed by atoms with van der Waals surface area (Å²) in [4.78, 5) is 4.59. The molecule has 0 aliphatic rings. The van der Waals surface area contributed by atoms with Gasteiger partial charge in [-0.05, 0) is 30.7 Å². The number of nitrogens with one attached hydrogen (secondary N) is 2. The third kappa shape index (κ3) is 7.59. The highest BCUT2D eigenvalue weighted by Gasteiger charge is 2.12. The van der Waals surface area contributed by atoms with Crippen molar-refractivity contribution in [1.29, 1.82) is 0 Å². The number of rotatable bonds is 8. The number of aromatic nitrogens is 3. The maximum Gasteiger partial charge on any atom is 0.387 e. The maximum absolute atomic E-state index is 12.7. The predicted molar refractivity (Wildman–Crippen MR) is 130 cm³/mol. The molecule has 0 aliphatic heterocycles. The molecule has 32 heavy (non-hydrogen) atoms. The largest absolute Gasteiger partial charge is 0.434 e. The van der Waals surface area contributed by atoms with Crippen LogP contribution in [0.1, 0.15) is 22.8 Å². The lowest BCUT2D eigenvalue weighted by Gasteiger charge is -2.15. The van der Waals surface area contributed by atoms with Crippen molar-refractivity contribution in [2.75, 3.05) is 0 Å². The van der Waals surface area contributed by atoms with Crippen molar-refractivity contribution in [3.63, 3.8) is 0 Å². The van der Waals surface area contributed by atoms with Crippen molar-refractivity contribution in [3.05, 3.63) is 76.3 Å². The van der Waals surface area contributed by atoms with Gasteiger partial charge in [0.2, 0.25) is 0 Å². The van der Waals surface area contributed by atoms with Crippen molar-refractivity contribution in [2.45, 2.75) is 33.2 Å². The van der Waals surface area contributed by atoms with E-state index in [4.69, 9.17) is 11.6 Å². The molecular weight excluding hydrogens is 553 g/mol. The number of ether oxygens (including phenoxy) is 1. The lowest BCUT2D eigenvalue weighted by molar-refractivity contribution is -0.0504. The topological polar surface area (TPSA) is 76.4 Å². The minimum absolute atomic E-state index is 0. The monoisotopic (exact) mass is 576 g/mol. The van der Waals surface area contributed by atoms with Crippen LogP contribution in [0.4, 0.5) is 8.78 Å². The van der Waals surface area contributed by atoms with Crippen LogP contribution in [0, 0.1) is 6.92 Å². The van der Waals surface area contributed by atoms with Crippen LogP contribution in [-0.2, 0) is 26.7 Å². The van der Waals surface area contributed by atoms with Crippen molar-refractivity contribution in [3.8, 4) is 5.75 Å². The Kier molecular flexibility index (Phi) is 10.1. The maximum atomic E-state index is 12.7. The molecule has 2 aromatic carbocycles. The van der Waals surface area contributed by atoms with Crippen LogP contribution in [-0.4, -0.2) is 27.3 Å². The molecule has 0 fully saturated rings. The summed E-state index contributed by atoms with van der Waals surface area (Å²) in [5.41, 5.74) is 1.51. The number of nitrogens with zero attached hydrogens (tertiary/aromatic N) is 4. The number of guanidine groups is 1. The Balaban J connectivity index is 0.00000363. The van der Waals surface area contributed by atoms with Gasteiger partial charge >= 0.3 is 6.61 Å². The van der Waals surface area contributed by atoms with Crippen molar-refractivity contribution >= 4 is 41.5 Å². The molecule has 0 saturated heterocycles. The summed E-state index contributed by atoms with van der Waals surface area (Å²) in [5, 5.41) is 14.9. The van der Waals surface area contributed by atoms with Gasteiger partial charge in [-0.3, -0.25) is 0 Å². The molecule has 0 saturated carbocycles. The van der Waals surface area contributed by atoms with Crippen molar-refractivity contribution in [1.82, 2.24) is 25.4 Å². The second-order valence-corrected chi connectivity index (χ2v) is 7.15. The van der Waals surface area contributed by atoms with Crippen LogP contribution in [0.3, 0.4) is 0 Å². The smallest absolute Gasteiger partial charge is 0.387 e. The van der Waals surface area contributed by atoms with Crippen LogP contribution < -0.4 is 15.4 Å². The van der Waals surface area contributed by atoms with Gasteiger partial charge in [-0.25, -0.2) is 4.99 Å². The van der Waals surface area contributed by atoms with Crippen LogP contribution >= 0.6 is 35.6 Å². The molecule has 2 N–H and O–H groups in total. The zero-order chi connectivity index (χ0) is 22.2. The predicted octanol–water partition coefficient (Wildman–Crippen LogP) is 4.43. The number of halogens is 4. The van der Waals surface area contributed by atoms with Gasteiger partial charge in [-0.15, -0.1) is 34.2 Å². The SMILES string of the molecule is Cc1nnc(CNC(=NCc2ccccc2)NCc2cc(Cl)ccc2OC(F)F)n1C.I. The number of aliphatic imine (C=N–C) groups is 1. The Morgan fingerprint density at radius 3 is 2.50 bits per heavy atom. The van der Waals surface area contributed by atoms with E-state index in [0.29, 0.717) is 29.6 Å². The van der Waals surface area contributed by atoms with E-state index in [1.165, 1.54) is 12.1 Å². The third-order valence-electron chi connectivity index (χ3n) is 4.54. The first-order chi connectivity index (χ1) is 14.9. The van der Waals surface area contributed by atoms with Crippen LogP contribution in [0.5, 0.6) is 5.75 Å². The molecule has 7 nitrogen and oxygen atoms in total. The summed E-state index contributed by atoms with van der Waals surface area (Å²) in [7, 11) is 1.88. The first-order valence-corrected chi connectivity index (χ1v) is 9.94. The number of hydrogen-bond donors (Lipinski definition) is 2. The Hall–Kier alpha value is -2.47. The van der Waals surface area contributed by atoms with Gasteiger partial charge in [0.05, 0.1) is 13.1 Å². The van der Waals surface area contributed by atoms with Crippen LogP contribution in [0.15, 0.2) is 53.5 Å². The average molecular weight is 577 g/mol. The number of hydrogen-bond acceptors (Lipinski definition) is 4. The molecule has 1 heterocycles. The standard InChI is InChI=1S/C21H23ClF2N6O.HI/c1-14-28-29-19(30(14)2)13-27-21(25-11-15-6-4-3-5-7-15)26-12-16-10-17(22)8-9-18(16)31-20(23)24;/h3-10,20H,11-13H2,1-2H3,(H2,25,26,27);1H. The van der Waals surface area contributed by atoms with Crippen LogP contribution in [0.25, 0.3) is 0 Å². The number of benzene rings is 2. The Morgan fingerprint density at radius 1 is 1.12 bits per heavy atom. The molecule has 0 amide bonds. The molecule has 0 bridgehead atoms. The van der Waals surface area contributed by atoms with Gasteiger partial charge in [0, 0.05) is 24.2 Å². The summed E-state index contributed by atoms with van der Waals surface area (Å²) in [6.07, 6.45) is 0. The van der Waals surface area contributed by atoms with Crippen LogP contribution in [0.2, 0.25) is 5.02 Å². The van der Waals surface area contributed by atoms with E-state index in [2.05, 4.69) is 30.6 Å². The fourth-order valence-corrected chi connectivity index (χ4v) is 2.97. The van der Waals surface area contributed by atoms with E-state index < -0.39 is 6.61 Å². The van der Waals surface area contributed by atoms with E-state index in [0.717, 1.165) is 17.2 Å². The Labute approximate surface area is 207 Å². The van der Waals surface area contributed by atoms with E-state index in [1.54, 1.807) is 6.07 Å². The molecule has 0 aliphatic carbocycles. The fourth-order valence-electron chi connectivity index (χ4n) is 2.77. The summed E-state index contributed by atoms with van der Waals surface area (Å²) in [6.45, 7) is -0.0645.